The van der Waals surface area contributed by atoms with Gasteiger partial charge in [-0.2, -0.15) is 5.10 Å². The Labute approximate surface area is 163 Å². The number of nitrogens with zero attached hydrogens (tertiary/aromatic N) is 2. The van der Waals surface area contributed by atoms with Gasteiger partial charge in [0.25, 0.3) is 5.91 Å². The van der Waals surface area contributed by atoms with Gasteiger partial charge in [0.05, 0.1) is 22.2 Å². The Morgan fingerprint density at radius 2 is 2.22 bits per heavy atom. The molecule has 27 heavy (non-hydrogen) atoms. The third-order valence-electron chi connectivity index (χ3n) is 4.82. The number of benzene rings is 1. The fourth-order valence-corrected chi connectivity index (χ4v) is 5.40. The minimum atomic E-state index is -2.94. The van der Waals surface area contributed by atoms with Crippen LogP contribution >= 0.6 is 11.6 Å². The highest BCUT2D eigenvalue weighted by Gasteiger charge is 2.29. The van der Waals surface area contributed by atoms with Crippen molar-refractivity contribution < 1.29 is 13.2 Å². The molecule has 0 radical (unpaired) electrons. The van der Waals surface area contributed by atoms with Crippen LogP contribution in [0.4, 0.5) is 5.69 Å². The maximum Gasteiger partial charge on any atom is 0.274 e. The zero-order chi connectivity index (χ0) is 19.6. The van der Waals surface area contributed by atoms with Crippen molar-refractivity contribution in [1.82, 2.24) is 15.1 Å². The molecule has 3 N–H and O–H groups in total. The monoisotopic (exact) mass is 410 g/mol. The van der Waals surface area contributed by atoms with E-state index in [4.69, 9.17) is 17.3 Å². The molecule has 2 aromatic rings. The molecule has 0 bridgehead atoms. The molecule has 1 aliphatic heterocycles. The standard InChI is InChI=1S/C18H23ClN4O3S/c1-12-9-16(22-21-12)18(24)23(7-5-13-6-8-27(25,26)11-13)10-14-3-2-4-15(20)17(14)19/h2-4,9,13H,5-8,10-11,20H2,1H3,(H,21,22). The molecular weight excluding hydrogens is 388 g/mol. The van der Waals surface area contributed by atoms with Gasteiger partial charge in [0.2, 0.25) is 0 Å². The molecule has 1 aliphatic rings. The van der Waals surface area contributed by atoms with Crippen LogP contribution in [0.25, 0.3) is 0 Å². The first-order valence-corrected chi connectivity index (χ1v) is 11.0. The molecule has 3 rings (SSSR count). The van der Waals surface area contributed by atoms with Crippen molar-refractivity contribution >= 4 is 33.0 Å². The van der Waals surface area contributed by atoms with E-state index in [1.165, 1.54) is 0 Å². The van der Waals surface area contributed by atoms with Gasteiger partial charge in [-0.1, -0.05) is 23.7 Å². The number of nitrogens with one attached hydrogen (secondary N) is 1. The summed E-state index contributed by atoms with van der Waals surface area (Å²) in [6, 6.07) is 7.02. The van der Waals surface area contributed by atoms with E-state index in [0.29, 0.717) is 35.8 Å². The van der Waals surface area contributed by atoms with Crippen LogP contribution in [0.2, 0.25) is 5.02 Å². The second-order valence-corrected chi connectivity index (χ2v) is 9.65. The number of H-pyrrole nitrogens is 1. The van der Waals surface area contributed by atoms with E-state index in [-0.39, 0.29) is 29.9 Å². The number of rotatable bonds is 6. The second kappa shape index (κ2) is 7.90. The van der Waals surface area contributed by atoms with Crippen LogP contribution in [0.5, 0.6) is 0 Å². The molecule has 0 spiro atoms. The first kappa shape index (κ1) is 19.7. The molecule has 0 aliphatic carbocycles. The lowest BCUT2D eigenvalue weighted by Crippen LogP contribution is -2.33. The largest absolute Gasteiger partial charge is 0.398 e. The van der Waals surface area contributed by atoms with Gasteiger partial charge in [-0.25, -0.2) is 8.42 Å². The number of aromatic nitrogens is 2. The first-order chi connectivity index (χ1) is 12.7. The average Bonchev–Trinajstić information content (AvgIpc) is 3.19. The number of sulfone groups is 1. The molecule has 2 heterocycles. The van der Waals surface area contributed by atoms with Gasteiger partial charge in [0.15, 0.2) is 9.84 Å². The number of amides is 1. The Bertz CT molecular complexity index is 942. The molecule has 1 aromatic carbocycles. The predicted molar refractivity (Wildman–Crippen MR) is 105 cm³/mol. The lowest BCUT2D eigenvalue weighted by Gasteiger charge is -2.24. The van der Waals surface area contributed by atoms with Gasteiger partial charge in [0, 0.05) is 18.8 Å². The molecule has 1 amide bonds. The molecule has 146 valence electrons. The summed E-state index contributed by atoms with van der Waals surface area (Å²) in [6.45, 7) is 2.54. The molecule has 9 heteroatoms. The number of hydrogen-bond acceptors (Lipinski definition) is 5. The normalized spacial score (nSPS) is 18.5. The Balaban J connectivity index is 1.78. The van der Waals surface area contributed by atoms with Crippen molar-refractivity contribution in [3.63, 3.8) is 0 Å². The van der Waals surface area contributed by atoms with Gasteiger partial charge in [0.1, 0.15) is 5.69 Å². The number of nitrogens with two attached hydrogens (primary N) is 1. The topological polar surface area (TPSA) is 109 Å². The first-order valence-electron chi connectivity index (χ1n) is 8.80. The molecule has 0 saturated carbocycles. The highest BCUT2D eigenvalue weighted by atomic mass is 35.5. The van der Waals surface area contributed by atoms with Gasteiger partial charge in [-0.3, -0.25) is 9.89 Å². The maximum atomic E-state index is 12.9. The van der Waals surface area contributed by atoms with E-state index in [9.17, 15) is 13.2 Å². The number of anilines is 1. The predicted octanol–water partition coefficient (Wildman–Crippen LogP) is 2.42. The van der Waals surface area contributed by atoms with Crippen molar-refractivity contribution in [1.29, 1.82) is 0 Å². The number of halogens is 1. The van der Waals surface area contributed by atoms with Gasteiger partial charge in [-0.05, 0) is 43.4 Å². The highest BCUT2D eigenvalue weighted by molar-refractivity contribution is 7.91. The Kier molecular flexibility index (Phi) is 5.76. The fourth-order valence-electron chi connectivity index (χ4n) is 3.31. The Morgan fingerprint density at radius 3 is 2.85 bits per heavy atom. The molecule has 7 nitrogen and oxygen atoms in total. The number of carbonyl (C=O) groups excluding carboxylic acids is 1. The van der Waals surface area contributed by atoms with Crippen molar-refractivity contribution in [2.45, 2.75) is 26.3 Å². The van der Waals surface area contributed by atoms with E-state index in [1.54, 1.807) is 23.1 Å². The van der Waals surface area contributed by atoms with E-state index in [2.05, 4.69) is 10.2 Å². The summed E-state index contributed by atoms with van der Waals surface area (Å²) in [7, 11) is -2.94. The molecule has 1 saturated heterocycles. The van der Waals surface area contributed by atoms with Crippen LogP contribution in [-0.2, 0) is 16.4 Å². The van der Waals surface area contributed by atoms with Crippen LogP contribution in [0.3, 0.4) is 0 Å². The van der Waals surface area contributed by atoms with Crippen LogP contribution in [0.1, 0.15) is 34.6 Å². The Hall–Kier alpha value is -2.06. The van der Waals surface area contributed by atoms with E-state index in [1.807, 2.05) is 13.0 Å². The SMILES string of the molecule is Cc1cc(C(=O)N(CCC2CCS(=O)(=O)C2)Cc2cccc(N)c2Cl)n[nH]1. The minimum Gasteiger partial charge on any atom is -0.398 e. The van der Waals surface area contributed by atoms with Crippen molar-refractivity contribution in [3.05, 3.63) is 46.2 Å². The number of aromatic amines is 1. The summed E-state index contributed by atoms with van der Waals surface area (Å²) < 4.78 is 23.4. The fraction of sp³-hybridized carbons (Fsp3) is 0.444. The lowest BCUT2D eigenvalue weighted by atomic mass is 10.0. The zero-order valence-corrected chi connectivity index (χ0v) is 16.7. The third-order valence-corrected chi connectivity index (χ3v) is 7.11. The maximum absolute atomic E-state index is 12.9. The van der Waals surface area contributed by atoms with Gasteiger partial charge >= 0.3 is 0 Å². The summed E-state index contributed by atoms with van der Waals surface area (Å²) in [5.41, 5.74) is 8.19. The smallest absolute Gasteiger partial charge is 0.274 e. The summed E-state index contributed by atoms with van der Waals surface area (Å²) >= 11 is 6.29. The molecule has 1 atom stereocenters. The number of aryl methyl sites for hydroxylation is 1. The van der Waals surface area contributed by atoms with Crippen molar-refractivity contribution in [3.8, 4) is 0 Å². The molecule has 1 unspecified atom stereocenters. The van der Waals surface area contributed by atoms with Crippen LogP contribution in [-0.4, -0.2) is 47.5 Å². The number of carbonyl (C=O) groups is 1. The molecular formula is C18H23ClN4O3S. The summed E-state index contributed by atoms with van der Waals surface area (Å²) in [5.74, 6) is 0.266. The number of hydrogen-bond donors (Lipinski definition) is 2. The van der Waals surface area contributed by atoms with Gasteiger partial charge in [-0.15, -0.1) is 0 Å². The summed E-state index contributed by atoms with van der Waals surface area (Å²) in [5, 5.41) is 7.25. The number of nitrogen functional groups attached to an aromatic ring is 1. The van der Waals surface area contributed by atoms with E-state index < -0.39 is 9.84 Å². The average molecular weight is 411 g/mol. The van der Waals surface area contributed by atoms with Crippen LogP contribution < -0.4 is 5.73 Å². The third kappa shape index (κ3) is 4.81. The Morgan fingerprint density at radius 1 is 1.44 bits per heavy atom. The van der Waals surface area contributed by atoms with Crippen molar-refractivity contribution in [2.75, 3.05) is 23.8 Å². The van der Waals surface area contributed by atoms with Gasteiger partial charge < -0.3 is 10.6 Å². The van der Waals surface area contributed by atoms with Crippen LogP contribution in [0, 0.1) is 12.8 Å². The van der Waals surface area contributed by atoms with E-state index in [0.717, 1.165) is 11.3 Å². The zero-order valence-electron chi connectivity index (χ0n) is 15.1. The molecule has 1 fully saturated rings. The quantitative estimate of drug-likeness (QED) is 0.710. The van der Waals surface area contributed by atoms with E-state index >= 15 is 0 Å². The molecule has 1 aromatic heterocycles. The van der Waals surface area contributed by atoms with Crippen LogP contribution in [0.15, 0.2) is 24.3 Å². The highest BCUT2D eigenvalue weighted by Crippen LogP contribution is 2.26. The summed E-state index contributed by atoms with van der Waals surface area (Å²) in [6.07, 6.45) is 1.26. The second-order valence-electron chi connectivity index (χ2n) is 7.04. The van der Waals surface area contributed by atoms with Crippen molar-refractivity contribution in [2.24, 2.45) is 5.92 Å². The minimum absolute atomic E-state index is 0.0718. The summed E-state index contributed by atoms with van der Waals surface area (Å²) in [4.78, 5) is 14.6. The lowest BCUT2D eigenvalue weighted by molar-refractivity contribution is 0.0728.